The van der Waals surface area contributed by atoms with Crippen molar-refractivity contribution in [2.24, 2.45) is 5.41 Å². The molecule has 0 radical (unpaired) electrons. The summed E-state index contributed by atoms with van der Waals surface area (Å²) in [5, 5.41) is 0.700. The Bertz CT molecular complexity index is 938. The molecule has 0 saturated heterocycles. The van der Waals surface area contributed by atoms with E-state index in [1.54, 1.807) is 0 Å². The maximum Gasteiger partial charge on any atom is 0.187 e. The molecule has 2 heterocycles. The number of aromatic nitrogens is 1. The SMILES string of the molecule is CC1(C)Cn2cc(-c3ccccc3Cl)c(-c3ccccc3)c2C1=O. The molecule has 0 fully saturated rings. The molecule has 4 rings (SSSR count). The lowest BCUT2D eigenvalue weighted by molar-refractivity contribution is 0.0861. The van der Waals surface area contributed by atoms with Gasteiger partial charge in [0.1, 0.15) is 0 Å². The lowest BCUT2D eigenvalue weighted by Gasteiger charge is -2.15. The van der Waals surface area contributed by atoms with Crippen LogP contribution in [0.4, 0.5) is 0 Å². The Morgan fingerprint density at radius 3 is 2.33 bits per heavy atom. The third-order valence-corrected chi connectivity index (χ3v) is 5.03. The van der Waals surface area contributed by atoms with E-state index in [-0.39, 0.29) is 11.2 Å². The van der Waals surface area contributed by atoms with Gasteiger partial charge < -0.3 is 4.57 Å². The first-order chi connectivity index (χ1) is 11.5. The number of carbonyl (C=O) groups excluding carboxylic acids is 1. The van der Waals surface area contributed by atoms with Crippen LogP contribution in [0.5, 0.6) is 0 Å². The number of hydrogen-bond acceptors (Lipinski definition) is 1. The smallest absolute Gasteiger partial charge is 0.187 e. The molecule has 0 bridgehead atoms. The number of rotatable bonds is 2. The Labute approximate surface area is 146 Å². The summed E-state index contributed by atoms with van der Waals surface area (Å²) in [6.07, 6.45) is 2.07. The molecule has 3 aromatic rings. The summed E-state index contributed by atoms with van der Waals surface area (Å²) in [5.41, 5.74) is 4.45. The summed E-state index contributed by atoms with van der Waals surface area (Å²) in [5.74, 6) is 0.194. The van der Waals surface area contributed by atoms with Crippen LogP contribution >= 0.6 is 11.6 Å². The van der Waals surface area contributed by atoms with Crippen LogP contribution < -0.4 is 0 Å². The van der Waals surface area contributed by atoms with Crippen LogP contribution in [0.15, 0.2) is 60.8 Å². The summed E-state index contributed by atoms with van der Waals surface area (Å²) < 4.78 is 2.09. The van der Waals surface area contributed by atoms with Crippen LogP contribution in [-0.4, -0.2) is 10.4 Å². The van der Waals surface area contributed by atoms with E-state index in [4.69, 9.17) is 11.6 Å². The van der Waals surface area contributed by atoms with E-state index in [1.807, 2.05) is 56.3 Å². The van der Waals surface area contributed by atoms with Gasteiger partial charge in [-0.3, -0.25) is 4.79 Å². The molecule has 24 heavy (non-hydrogen) atoms. The number of ketones is 1. The van der Waals surface area contributed by atoms with Gasteiger partial charge in [0.25, 0.3) is 0 Å². The Morgan fingerprint density at radius 1 is 0.958 bits per heavy atom. The molecule has 0 amide bonds. The van der Waals surface area contributed by atoms with Gasteiger partial charge in [-0.05, 0) is 11.6 Å². The van der Waals surface area contributed by atoms with Gasteiger partial charge in [-0.25, -0.2) is 0 Å². The molecule has 0 spiro atoms. The molecule has 0 aliphatic carbocycles. The molecule has 120 valence electrons. The predicted octanol–water partition coefficient (Wildman–Crippen LogP) is 5.70. The average Bonchev–Trinajstić information content (AvgIpc) is 3.03. The third-order valence-electron chi connectivity index (χ3n) is 4.70. The van der Waals surface area contributed by atoms with Gasteiger partial charge in [-0.1, -0.05) is 74.0 Å². The van der Waals surface area contributed by atoms with Crippen LogP contribution in [0.3, 0.4) is 0 Å². The minimum Gasteiger partial charge on any atom is -0.343 e. The highest BCUT2D eigenvalue weighted by molar-refractivity contribution is 6.33. The van der Waals surface area contributed by atoms with Crippen molar-refractivity contribution < 1.29 is 4.79 Å². The lowest BCUT2D eigenvalue weighted by atomic mass is 9.86. The number of hydrogen-bond donors (Lipinski definition) is 0. The predicted molar refractivity (Wildman–Crippen MR) is 98.4 cm³/mol. The first kappa shape index (κ1) is 15.2. The molecule has 1 aromatic heterocycles. The monoisotopic (exact) mass is 335 g/mol. The minimum absolute atomic E-state index is 0.194. The standard InChI is InChI=1S/C21H18ClNO/c1-21(2)13-23-12-16(15-10-6-7-11-17(15)22)18(19(23)20(21)24)14-8-4-3-5-9-14/h3-12H,13H2,1-2H3. The molecule has 1 aliphatic rings. The van der Waals surface area contributed by atoms with Crippen molar-refractivity contribution in [2.45, 2.75) is 20.4 Å². The molecule has 2 aromatic carbocycles. The van der Waals surface area contributed by atoms with Crippen molar-refractivity contribution in [1.29, 1.82) is 0 Å². The van der Waals surface area contributed by atoms with E-state index < -0.39 is 0 Å². The van der Waals surface area contributed by atoms with E-state index >= 15 is 0 Å². The van der Waals surface area contributed by atoms with E-state index in [0.717, 1.165) is 27.9 Å². The molecule has 3 heteroatoms. The molecule has 2 nitrogen and oxygen atoms in total. The quantitative estimate of drug-likeness (QED) is 0.589. The summed E-state index contributed by atoms with van der Waals surface area (Å²) in [6, 6.07) is 17.9. The molecule has 0 atom stereocenters. The Balaban J connectivity index is 2.03. The molecule has 1 aliphatic heterocycles. The summed E-state index contributed by atoms with van der Waals surface area (Å²) in [6.45, 7) is 4.71. The number of carbonyl (C=O) groups is 1. The van der Waals surface area contributed by atoms with Crippen molar-refractivity contribution in [3.8, 4) is 22.3 Å². The first-order valence-corrected chi connectivity index (χ1v) is 8.45. The highest BCUT2D eigenvalue weighted by Gasteiger charge is 2.41. The van der Waals surface area contributed by atoms with Gasteiger partial charge in [-0.15, -0.1) is 0 Å². The van der Waals surface area contributed by atoms with E-state index in [2.05, 4.69) is 22.9 Å². The molecule has 0 unspecified atom stereocenters. The average molecular weight is 336 g/mol. The number of fused-ring (bicyclic) bond motifs is 1. The van der Waals surface area contributed by atoms with Crippen LogP contribution in [0.25, 0.3) is 22.3 Å². The van der Waals surface area contributed by atoms with Gasteiger partial charge in [0.05, 0.1) is 5.69 Å². The molecule has 0 N–H and O–H groups in total. The maximum atomic E-state index is 13.0. The second kappa shape index (κ2) is 5.35. The fourth-order valence-corrected chi connectivity index (χ4v) is 3.76. The highest BCUT2D eigenvalue weighted by Crippen LogP contribution is 2.45. The van der Waals surface area contributed by atoms with E-state index in [0.29, 0.717) is 11.6 Å². The topological polar surface area (TPSA) is 22.0 Å². The van der Waals surface area contributed by atoms with Crippen molar-refractivity contribution >= 4 is 17.4 Å². The van der Waals surface area contributed by atoms with Crippen LogP contribution in [-0.2, 0) is 6.54 Å². The molecular weight excluding hydrogens is 318 g/mol. The van der Waals surface area contributed by atoms with Crippen LogP contribution in [0.1, 0.15) is 24.3 Å². The number of benzene rings is 2. The van der Waals surface area contributed by atoms with Crippen molar-refractivity contribution in [3.05, 3.63) is 71.5 Å². The largest absolute Gasteiger partial charge is 0.343 e. The van der Waals surface area contributed by atoms with Crippen molar-refractivity contribution in [2.75, 3.05) is 0 Å². The van der Waals surface area contributed by atoms with Crippen LogP contribution in [0, 0.1) is 5.41 Å². The van der Waals surface area contributed by atoms with Gasteiger partial charge in [0.2, 0.25) is 0 Å². The summed E-state index contributed by atoms with van der Waals surface area (Å²) in [7, 11) is 0. The molecular formula is C21H18ClNO. The Morgan fingerprint density at radius 2 is 1.62 bits per heavy atom. The van der Waals surface area contributed by atoms with Gasteiger partial charge >= 0.3 is 0 Å². The van der Waals surface area contributed by atoms with Gasteiger partial charge in [0.15, 0.2) is 5.78 Å². The zero-order chi connectivity index (χ0) is 16.9. The van der Waals surface area contributed by atoms with Gasteiger partial charge in [-0.2, -0.15) is 0 Å². The van der Waals surface area contributed by atoms with E-state index in [9.17, 15) is 4.79 Å². The summed E-state index contributed by atoms with van der Waals surface area (Å²) >= 11 is 6.44. The third kappa shape index (κ3) is 2.22. The van der Waals surface area contributed by atoms with Gasteiger partial charge in [0, 0.05) is 39.9 Å². The van der Waals surface area contributed by atoms with E-state index in [1.165, 1.54) is 0 Å². The second-order valence-corrected chi connectivity index (χ2v) is 7.36. The maximum absolute atomic E-state index is 13.0. The Hall–Kier alpha value is -2.32. The fourth-order valence-electron chi connectivity index (χ4n) is 3.52. The first-order valence-electron chi connectivity index (χ1n) is 8.07. The zero-order valence-electron chi connectivity index (χ0n) is 13.7. The summed E-state index contributed by atoms with van der Waals surface area (Å²) in [4.78, 5) is 13.0. The Kier molecular flexibility index (Phi) is 3.40. The minimum atomic E-state index is -0.363. The fraction of sp³-hybridized carbons (Fsp3) is 0.190. The zero-order valence-corrected chi connectivity index (χ0v) is 14.5. The highest BCUT2D eigenvalue weighted by atomic mass is 35.5. The number of halogens is 1. The van der Waals surface area contributed by atoms with Crippen molar-refractivity contribution in [1.82, 2.24) is 4.57 Å². The van der Waals surface area contributed by atoms with Crippen LogP contribution in [0.2, 0.25) is 5.02 Å². The number of nitrogens with zero attached hydrogens (tertiary/aromatic N) is 1. The number of Topliss-reactive ketones (excluding diaryl/α,β-unsaturated/α-hetero) is 1. The normalized spacial score (nSPS) is 15.5. The van der Waals surface area contributed by atoms with Crippen molar-refractivity contribution in [3.63, 3.8) is 0 Å². The lowest BCUT2D eigenvalue weighted by Crippen LogP contribution is -2.20. The molecule has 0 saturated carbocycles. The second-order valence-electron chi connectivity index (χ2n) is 6.95.